The molecule has 1 heterocycles. The second kappa shape index (κ2) is 6.56. The van der Waals surface area contributed by atoms with Gasteiger partial charge in [0.1, 0.15) is 5.76 Å². The molecule has 0 aliphatic heterocycles. The van der Waals surface area contributed by atoms with E-state index < -0.39 is 0 Å². The fraction of sp³-hybridized carbons (Fsp3) is 0.471. The van der Waals surface area contributed by atoms with Crippen LogP contribution in [0, 0.1) is 13.8 Å². The number of hydrogen-bond donors (Lipinski definition) is 1. The van der Waals surface area contributed by atoms with Crippen LogP contribution in [0.2, 0.25) is 0 Å². The molecule has 4 heteroatoms. The maximum absolute atomic E-state index is 5.18. The van der Waals surface area contributed by atoms with E-state index in [1.54, 1.807) is 0 Å². The van der Waals surface area contributed by atoms with E-state index in [1.165, 1.54) is 30.6 Å². The Morgan fingerprint density at radius 3 is 2.52 bits per heavy atom. The van der Waals surface area contributed by atoms with Crippen molar-refractivity contribution >= 4 is 17.4 Å². The van der Waals surface area contributed by atoms with Crippen molar-refractivity contribution in [1.29, 1.82) is 0 Å². The van der Waals surface area contributed by atoms with Gasteiger partial charge in [-0.2, -0.15) is 0 Å². The lowest BCUT2D eigenvalue weighted by Gasteiger charge is -2.10. The maximum atomic E-state index is 5.18. The molecule has 1 aliphatic rings. The summed E-state index contributed by atoms with van der Waals surface area (Å²) in [6, 6.07) is 8.77. The molecule has 1 aromatic carbocycles. The molecule has 1 aliphatic carbocycles. The molecule has 0 atom stereocenters. The second-order valence-electron chi connectivity index (χ2n) is 5.70. The van der Waals surface area contributed by atoms with Crippen LogP contribution in [-0.4, -0.2) is 10.4 Å². The van der Waals surface area contributed by atoms with Crippen molar-refractivity contribution in [2.75, 3.05) is 5.32 Å². The van der Waals surface area contributed by atoms with Crippen molar-refractivity contribution in [2.45, 2.75) is 56.2 Å². The zero-order chi connectivity index (χ0) is 14.7. The van der Waals surface area contributed by atoms with Crippen LogP contribution in [0.5, 0.6) is 0 Å². The standard InChI is InChI=1S/C17H22N2OS/c1-12-17(13(2)20-19-12)11-18-14-7-9-16(10-8-14)21-15-5-3-4-6-15/h7-10,15,18H,3-6,11H2,1-2H3. The third kappa shape index (κ3) is 3.62. The normalized spacial score (nSPS) is 15.5. The Balaban J connectivity index is 1.57. The quantitative estimate of drug-likeness (QED) is 0.849. The minimum Gasteiger partial charge on any atom is -0.381 e. The van der Waals surface area contributed by atoms with Gasteiger partial charge in [0.15, 0.2) is 0 Å². The zero-order valence-electron chi connectivity index (χ0n) is 12.7. The molecule has 21 heavy (non-hydrogen) atoms. The van der Waals surface area contributed by atoms with Gasteiger partial charge < -0.3 is 9.84 Å². The Bertz CT molecular complexity index is 566. The molecule has 0 unspecified atom stereocenters. The Hall–Kier alpha value is -1.42. The van der Waals surface area contributed by atoms with Gasteiger partial charge in [0.2, 0.25) is 0 Å². The SMILES string of the molecule is Cc1noc(C)c1CNc1ccc(SC2CCCC2)cc1. The molecule has 0 spiro atoms. The summed E-state index contributed by atoms with van der Waals surface area (Å²) in [6.07, 6.45) is 5.54. The molecular formula is C17H22N2OS. The van der Waals surface area contributed by atoms with Gasteiger partial charge in [0.25, 0.3) is 0 Å². The van der Waals surface area contributed by atoms with Gasteiger partial charge in [0, 0.05) is 27.9 Å². The Kier molecular flexibility index (Phi) is 4.54. The summed E-state index contributed by atoms with van der Waals surface area (Å²) in [5, 5.41) is 8.25. The van der Waals surface area contributed by atoms with Gasteiger partial charge >= 0.3 is 0 Å². The van der Waals surface area contributed by atoms with Crippen LogP contribution in [0.1, 0.15) is 42.7 Å². The summed E-state index contributed by atoms with van der Waals surface area (Å²) in [5.74, 6) is 0.897. The number of aryl methyl sites for hydroxylation is 2. The van der Waals surface area contributed by atoms with E-state index in [9.17, 15) is 0 Å². The average Bonchev–Trinajstić information content (AvgIpc) is 3.10. The summed E-state index contributed by atoms with van der Waals surface area (Å²) in [5.41, 5.74) is 3.26. The smallest absolute Gasteiger partial charge is 0.138 e. The molecular weight excluding hydrogens is 280 g/mol. The van der Waals surface area contributed by atoms with Crippen molar-refractivity contribution in [3.63, 3.8) is 0 Å². The van der Waals surface area contributed by atoms with Crippen molar-refractivity contribution in [3.05, 3.63) is 41.3 Å². The Morgan fingerprint density at radius 1 is 1.19 bits per heavy atom. The van der Waals surface area contributed by atoms with Crippen LogP contribution < -0.4 is 5.32 Å². The molecule has 0 amide bonds. The van der Waals surface area contributed by atoms with Crippen LogP contribution >= 0.6 is 11.8 Å². The fourth-order valence-corrected chi connectivity index (χ4v) is 4.04. The first-order chi connectivity index (χ1) is 10.2. The summed E-state index contributed by atoms with van der Waals surface area (Å²) < 4.78 is 5.18. The number of hydrogen-bond acceptors (Lipinski definition) is 4. The summed E-state index contributed by atoms with van der Waals surface area (Å²) in [7, 11) is 0. The van der Waals surface area contributed by atoms with Crippen LogP contribution in [0.3, 0.4) is 0 Å². The monoisotopic (exact) mass is 302 g/mol. The fourth-order valence-electron chi connectivity index (χ4n) is 2.79. The zero-order valence-corrected chi connectivity index (χ0v) is 13.5. The highest BCUT2D eigenvalue weighted by molar-refractivity contribution is 8.00. The van der Waals surface area contributed by atoms with Crippen LogP contribution in [0.15, 0.2) is 33.7 Å². The van der Waals surface area contributed by atoms with Gasteiger partial charge in [-0.3, -0.25) is 0 Å². The summed E-state index contributed by atoms with van der Waals surface area (Å²) in [4.78, 5) is 1.38. The summed E-state index contributed by atoms with van der Waals surface area (Å²) >= 11 is 2.03. The van der Waals surface area contributed by atoms with Gasteiger partial charge in [-0.1, -0.05) is 18.0 Å². The largest absolute Gasteiger partial charge is 0.381 e. The van der Waals surface area contributed by atoms with Gasteiger partial charge in [0.05, 0.1) is 5.69 Å². The number of nitrogens with zero attached hydrogens (tertiary/aromatic N) is 1. The van der Waals surface area contributed by atoms with E-state index in [0.29, 0.717) is 0 Å². The molecule has 0 bridgehead atoms. The lowest BCUT2D eigenvalue weighted by molar-refractivity contribution is 0.392. The number of nitrogens with one attached hydrogen (secondary N) is 1. The van der Waals surface area contributed by atoms with Crippen molar-refractivity contribution in [2.24, 2.45) is 0 Å². The number of anilines is 1. The first-order valence-electron chi connectivity index (χ1n) is 7.65. The number of thioether (sulfide) groups is 1. The van der Waals surface area contributed by atoms with Gasteiger partial charge in [-0.15, -0.1) is 11.8 Å². The Morgan fingerprint density at radius 2 is 1.90 bits per heavy atom. The van der Waals surface area contributed by atoms with Crippen LogP contribution in [0.25, 0.3) is 0 Å². The Labute approximate surface area is 130 Å². The molecule has 1 fully saturated rings. The minimum atomic E-state index is 0.760. The molecule has 3 rings (SSSR count). The van der Waals surface area contributed by atoms with Gasteiger partial charge in [-0.25, -0.2) is 0 Å². The van der Waals surface area contributed by atoms with E-state index in [0.717, 1.165) is 34.5 Å². The predicted molar refractivity (Wildman–Crippen MR) is 87.9 cm³/mol. The molecule has 0 saturated heterocycles. The number of rotatable bonds is 5. The number of benzene rings is 1. The van der Waals surface area contributed by atoms with E-state index in [2.05, 4.69) is 34.7 Å². The highest BCUT2D eigenvalue weighted by Crippen LogP contribution is 2.35. The van der Waals surface area contributed by atoms with Crippen molar-refractivity contribution in [1.82, 2.24) is 5.16 Å². The van der Waals surface area contributed by atoms with Gasteiger partial charge in [-0.05, 0) is 51.0 Å². The van der Waals surface area contributed by atoms with Crippen molar-refractivity contribution in [3.8, 4) is 0 Å². The molecule has 2 aromatic rings. The first kappa shape index (κ1) is 14.5. The molecule has 0 radical (unpaired) electrons. The van der Waals surface area contributed by atoms with E-state index in [4.69, 9.17) is 4.52 Å². The topological polar surface area (TPSA) is 38.1 Å². The van der Waals surface area contributed by atoms with E-state index in [1.807, 2.05) is 25.6 Å². The van der Waals surface area contributed by atoms with Crippen LogP contribution in [0.4, 0.5) is 5.69 Å². The highest BCUT2D eigenvalue weighted by atomic mass is 32.2. The second-order valence-corrected chi connectivity index (χ2v) is 7.08. The maximum Gasteiger partial charge on any atom is 0.138 e. The molecule has 112 valence electrons. The molecule has 3 nitrogen and oxygen atoms in total. The lowest BCUT2D eigenvalue weighted by Crippen LogP contribution is -2.01. The van der Waals surface area contributed by atoms with Crippen molar-refractivity contribution < 1.29 is 4.52 Å². The van der Waals surface area contributed by atoms with E-state index >= 15 is 0 Å². The third-order valence-corrected chi connectivity index (χ3v) is 5.46. The highest BCUT2D eigenvalue weighted by Gasteiger charge is 2.15. The third-order valence-electron chi connectivity index (χ3n) is 4.11. The summed E-state index contributed by atoms with van der Waals surface area (Å²) in [6.45, 7) is 4.70. The number of aromatic nitrogens is 1. The predicted octanol–water partition coefficient (Wildman–Crippen LogP) is 4.94. The van der Waals surface area contributed by atoms with E-state index in [-0.39, 0.29) is 0 Å². The molecule has 1 aromatic heterocycles. The molecule has 1 saturated carbocycles. The minimum absolute atomic E-state index is 0.760. The first-order valence-corrected chi connectivity index (χ1v) is 8.52. The molecule has 1 N–H and O–H groups in total. The lowest BCUT2D eigenvalue weighted by atomic mass is 10.2. The average molecular weight is 302 g/mol. The van der Waals surface area contributed by atoms with Crippen LogP contribution in [-0.2, 0) is 6.54 Å².